The van der Waals surface area contributed by atoms with Gasteiger partial charge in [-0.1, -0.05) is 37.6 Å². The maximum Gasteiger partial charge on any atom is 0.222 e. The first-order chi connectivity index (χ1) is 9.61. The van der Waals surface area contributed by atoms with Crippen LogP contribution >= 0.6 is 11.6 Å². The molecule has 1 aromatic carbocycles. The predicted molar refractivity (Wildman–Crippen MR) is 81.5 cm³/mol. The Labute approximate surface area is 124 Å². The Morgan fingerprint density at radius 3 is 2.50 bits per heavy atom. The standard InChI is InChI=1S/C15H18ClN3O/c1-10(2)13-14(17-3)18-9-19-15(13)20-8-11-4-6-12(16)7-5-11/h4-7,9-10H,8H2,1-3H3,(H,17,18,19). The molecule has 5 heteroatoms. The zero-order valence-corrected chi connectivity index (χ0v) is 12.6. The molecule has 0 atom stereocenters. The maximum absolute atomic E-state index is 5.87. The number of ether oxygens (including phenoxy) is 1. The third-order valence-corrected chi connectivity index (χ3v) is 3.20. The van der Waals surface area contributed by atoms with Crippen LogP contribution in [0.15, 0.2) is 30.6 Å². The summed E-state index contributed by atoms with van der Waals surface area (Å²) >= 11 is 5.87. The minimum absolute atomic E-state index is 0.277. The van der Waals surface area contributed by atoms with Gasteiger partial charge < -0.3 is 10.1 Å². The quantitative estimate of drug-likeness (QED) is 0.908. The number of rotatable bonds is 5. The molecule has 1 heterocycles. The summed E-state index contributed by atoms with van der Waals surface area (Å²) in [5, 5.41) is 3.79. The van der Waals surface area contributed by atoms with Crippen molar-refractivity contribution < 1.29 is 4.74 Å². The van der Waals surface area contributed by atoms with Gasteiger partial charge in [-0.25, -0.2) is 9.97 Å². The van der Waals surface area contributed by atoms with E-state index in [1.807, 2.05) is 31.3 Å². The average Bonchev–Trinajstić information content (AvgIpc) is 2.46. The van der Waals surface area contributed by atoms with Gasteiger partial charge in [-0.15, -0.1) is 0 Å². The Bertz CT molecular complexity index is 570. The number of hydrogen-bond donors (Lipinski definition) is 1. The first-order valence-corrected chi connectivity index (χ1v) is 6.89. The lowest BCUT2D eigenvalue weighted by molar-refractivity contribution is 0.289. The summed E-state index contributed by atoms with van der Waals surface area (Å²) in [6.45, 7) is 4.64. The van der Waals surface area contributed by atoms with Crippen molar-refractivity contribution in [3.8, 4) is 5.88 Å². The highest BCUT2D eigenvalue weighted by molar-refractivity contribution is 6.30. The molecule has 0 radical (unpaired) electrons. The highest BCUT2D eigenvalue weighted by Crippen LogP contribution is 2.30. The molecule has 0 aliphatic carbocycles. The Hall–Kier alpha value is -1.81. The lowest BCUT2D eigenvalue weighted by Gasteiger charge is -2.15. The number of nitrogens with one attached hydrogen (secondary N) is 1. The second-order valence-electron chi connectivity index (χ2n) is 4.76. The van der Waals surface area contributed by atoms with Gasteiger partial charge in [0.05, 0.1) is 5.56 Å². The monoisotopic (exact) mass is 291 g/mol. The van der Waals surface area contributed by atoms with Crippen molar-refractivity contribution in [1.29, 1.82) is 0 Å². The van der Waals surface area contributed by atoms with Gasteiger partial charge in [-0.3, -0.25) is 0 Å². The van der Waals surface area contributed by atoms with Crippen LogP contribution in [0.25, 0.3) is 0 Å². The molecule has 4 nitrogen and oxygen atoms in total. The van der Waals surface area contributed by atoms with E-state index < -0.39 is 0 Å². The molecule has 0 aliphatic rings. The number of nitrogens with zero attached hydrogens (tertiary/aromatic N) is 2. The first kappa shape index (κ1) is 14.6. The van der Waals surface area contributed by atoms with E-state index >= 15 is 0 Å². The highest BCUT2D eigenvalue weighted by atomic mass is 35.5. The van der Waals surface area contributed by atoms with E-state index in [2.05, 4.69) is 29.1 Å². The zero-order chi connectivity index (χ0) is 14.5. The van der Waals surface area contributed by atoms with Crippen LogP contribution in [-0.2, 0) is 6.61 Å². The van der Waals surface area contributed by atoms with Gasteiger partial charge in [0, 0.05) is 12.1 Å². The SMILES string of the molecule is CNc1ncnc(OCc2ccc(Cl)cc2)c1C(C)C. The molecule has 0 unspecified atom stereocenters. The summed E-state index contributed by atoms with van der Waals surface area (Å²) in [5.41, 5.74) is 2.04. The molecule has 0 aliphatic heterocycles. The predicted octanol–water partition coefficient (Wildman–Crippen LogP) is 3.87. The van der Waals surface area contributed by atoms with Crippen LogP contribution in [0.1, 0.15) is 30.9 Å². The summed E-state index contributed by atoms with van der Waals surface area (Å²) in [6, 6.07) is 7.58. The van der Waals surface area contributed by atoms with Gasteiger partial charge in [0.1, 0.15) is 18.8 Å². The number of benzene rings is 1. The van der Waals surface area contributed by atoms with Crippen molar-refractivity contribution in [3.63, 3.8) is 0 Å². The van der Waals surface area contributed by atoms with Crippen LogP contribution in [-0.4, -0.2) is 17.0 Å². The minimum atomic E-state index is 0.277. The van der Waals surface area contributed by atoms with Crippen LogP contribution < -0.4 is 10.1 Å². The van der Waals surface area contributed by atoms with E-state index in [1.54, 1.807) is 0 Å². The topological polar surface area (TPSA) is 47.0 Å². The molecule has 1 aromatic heterocycles. The first-order valence-electron chi connectivity index (χ1n) is 6.51. The fourth-order valence-electron chi connectivity index (χ4n) is 1.95. The Balaban J connectivity index is 2.18. The van der Waals surface area contributed by atoms with E-state index in [0.29, 0.717) is 12.5 Å². The van der Waals surface area contributed by atoms with Crippen molar-refractivity contribution in [1.82, 2.24) is 9.97 Å². The zero-order valence-electron chi connectivity index (χ0n) is 11.9. The number of hydrogen-bond acceptors (Lipinski definition) is 4. The van der Waals surface area contributed by atoms with Crippen molar-refractivity contribution >= 4 is 17.4 Å². The molecular weight excluding hydrogens is 274 g/mol. The Morgan fingerprint density at radius 1 is 1.20 bits per heavy atom. The number of anilines is 1. The molecule has 0 saturated carbocycles. The van der Waals surface area contributed by atoms with E-state index in [9.17, 15) is 0 Å². The van der Waals surface area contributed by atoms with Gasteiger partial charge in [-0.2, -0.15) is 0 Å². The summed E-state index contributed by atoms with van der Waals surface area (Å²) < 4.78 is 5.83. The second-order valence-corrected chi connectivity index (χ2v) is 5.20. The third-order valence-electron chi connectivity index (χ3n) is 2.95. The summed E-state index contributed by atoms with van der Waals surface area (Å²) in [5.74, 6) is 1.70. The van der Waals surface area contributed by atoms with Crippen LogP contribution in [0.2, 0.25) is 5.02 Å². The molecular formula is C15H18ClN3O. The fraction of sp³-hybridized carbons (Fsp3) is 0.333. The van der Waals surface area contributed by atoms with Gasteiger partial charge >= 0.3 is 0 Å². The van der Waals surface area contributed by atoms with Gasteiger partial charge in [0.2, 0.25) is 5.88 Å². The van der Waals surface area contributed by atoms with E-state index in [-0.39, 0.29) is 5.92 Å². The molecule has 106 valence electrons. The molecule has 0 saturated heterocycles. The fourth-order valence-corrected chi connectivity index (χ4v) is 2.07. The number of halogens is 1. The summed E-state index contributed by atoms with van der Waals surface area (Å²) in [4.78, 5) is 8.47. The van der Waals surface area contributed by atoms with Crippen LogP contribution in [0.4, 0.5) is 5.82 Å². The third kappa shape index (κ3) is 3.39. The molecule has 20 heavy (non-hydrogen) atoms. The largest absolute Gasteiger partial charge is 0.472 e. The number of aromatic nitrogens is 2. The minimum Gasteiger partial charge on any atom is -0.472 e. The molecule has 0 amide bonds. The summed E-state index contributed by atoms with van der Waals surface area (Å²) in [6.07, 6.45) is 1.51. The Morgan fingerprint density at radius 2 is 1.90 bits per heavy atom. The molecule has 0 spiro atoms. The van der Waals surface area contributed by atoms with Crippen molar-refractivity contribution in [2.45, 2.75) is 26.4 Å². The van der Waals surface area contributed by atoms with Gasteiger partial charge in [0.25, 0.3) is 0 Å². The highest BCUT2D eigenvalue weighted by Gasteiger charge is 2.15. The van der Waals surface area contributed by atoms with Gasteiger partial charge in [-0.05, 0) is 23.6 Å². The smallest absolute Gasteiger partial charge is 0.222 e. The van der Waals surface area contributed by atoms with Crippen LogP contribution in [0.3, 0.4) is 0 Å². The lowest BCUT2D eigenvalue weighted by Crippen LogP contribution is -2.07. The normalized spacial score (nSPS) is 10.7. The van der Waals surface area contributed by atoms with Gasteiger partial charge in [0.15, 0.2) is 0 Å². The van der Waals surface area contributed by atoms with E-state index in [1.165, 1.54) is 6.33 Å². The van der Waals surface area contributed by atoms with E-state index in [4.69, 9.17) is 16.3 Å². The van der Waals surface area contributed by atoms with Crippen LogP contribution in [0.5, 0.6) is 5.88 Å². The van der Waals surface area contributed by atoms with Crippen LogP contribution in [0, 0.1) is 0 Å². The average molecular weight is 292 g/mol. The second kappa shape index (κ2) is 6.57. The maximum atomic E-state index is 5.87. The molecule has 0 fully saturated rings. The molecule has 0 bridgehead atoms. The molecule has 1 N–H and O–H groups in total. The van der Waals surface area contributed by atoms with Crippen molar-refractivity contribution in [3.05, 3.63) is 46.7 Å². The van der Waals surface area contributed by atoms with Crippen molar-refractivity contribution in [2.75, 3.05) is 12.4 Å². The van der Waals surface area contributed by atoms with E-state index in [0.717, 1.165) is 22.0 Å². The molecule has 2 rings (SSSR count). The lowest BCUT2D eigenvalue weighted by atomic mass is 10.1. The molecule has 2 aromatic rings. The summed E-state index contributed by atoms with van der Waals surface area (Å²) in [7, 11) is 1.84. The van der Waals surface area contributed by atoms with Crippen molar-refractivity contribution in [2.24, 2.45) is 0 Å². The Kier molecular flexibility index (Phi) is 4.79.